The van der Waals surface area contributed by atoms with Gasteiger partial charge in [-0.15, -0.1) is 11.3 Å². The molecule has 1 unspecified atom stereocenters. The molecular formula is C18H19N3O2S. The average molecular weight is 341 g/mol. The van der Waals surface area contributed by atoms with Gasteiger partial charge in [-0.05, 0) is 31.9 Å². The van der Waals surface area contributed by atoms with Crippen LogP contribution in [0.5, 0.6) is 0 Å². The van der Waals surface area contributed by atoms with Gasteiger partial charge < -0.3 is 10.4 Å². The van der Waals surface area contributed by atoms with Crippen LogP contribution < -0.4 is 5.32 Å². The van der Waals surface area contributed by atoms with Gasteiger partial charge in [0.2, 0.25) is 0 Å². The zero-order chi connectivity index (χ0) is 17.3. The van der Waals surface area contributed by atoms with Crippen molar-refractivity contribution < 1.29 is 9.90 Å². The van der Waals surface area contributed by atoms with E-state index in [1.54, 1.807) is 18.3 Å². The van der Waals surface area contributed by atoms with Gasteiger partial charge in [0.05, 0.1) is 5.39 Å². The number of hydrogen-bond donors (Lipinski definition) is 2. The molecule has 0 radical (unpaired) electrons. The van der Waals surface area contributed by atoms with Crippen LogP contribution in [0.3, 0.4) is 0 Å². The van der Waals surface area contributed by atoms with Crippen LogP contribution in [0.2, 0.25) is 0 Å². The van der Waals surface area contributed by atoms with E-state index in [4.69, 9.17) is 0 Å². The molecule has 0 fully saturated rings. The average Bonchev–Trinajstić information content (AvgIpc) is 2.83. The Hall–Kier alpha value is -2.47. The van der Waals surface area contributed by atoms with Crippen molar-refractivity contribution >= 4 is 33.3 Å². The highest BCUT2D eigenvalue weighted by Crippen LogP contribution is 2.33. The van der Waals surface area contributed by atoms with E-state index >= 15 is 0 Å². The largest absolute Gasteiger partial charge is 0.480 e. The Morgan fingerprint density at radius 1 is 1.25 bits per heavy atom. The molecule has 1 atom stereocenters. The van der Waals surface area contributed by atoms with Gasteiger partial charge in [0.25, 0.3) is 0 Å². The van der Waals surface area contributed by atoms with E-state index in [2.05, 4.69) is 15.3 Å². The number of aromatic nitrogens is 2. The summed E-state index contributed by atoms with van der Waals surface area (Å²) in [5, 5.41) is 13.1. The second kappa shape index (κ2) is 6.57. The normalized spacial score (nSPS) is 12.3. The van der Waals surface area contributed by atoms with E-state index < -0.39 is 12.0 Å². The first-order valence-electron chi connectivity index (χ1n) is 7.75. The molecule has 2 heterocycles. The van der Waals surface area contributed by atoms with Crippen LogP contribution in [0.4, 0.5) is 5.82 Å². The SMILES string of the molecule is Cc1sc2nc(Cc3ccccc3)nc(NC(C)C(=O)O)c2c1C. The van der Waals surface area contributed by atoms with Crippen molar-refractivity contribution in [2.45, 2.75) is 33.2 Å². The Balaban J connectivity index is 2.07. The quantitative estimate of drug-likeness (QED) is 0.738. The minimum Gasteiger partial charge on any atom is -0.480 e. The summed E-state index contributed by atoms with van der Waals surface area (Å²) in [7, 11) is 0. The predicted molar refractivity (Wildman–Crippen MR) is 96.9 cm³/mol. The first-order valence-corrected chi connectivity index (χ1v) is 8.57. The second-order valence-corrected chi connectivity index (χ2v) is 7.02. The van der Waals surface area contributed by atoms with Crippen LogP contribution in [0, 0.1) is 13.8 Å². The number of nitrogens with zero attached hydrogens (tertiary/aromatic N) is 2. The number of carbonyl (C=O) groups is 1. The molecule has 2 N–H and O–H groups in total. The lowest BCUT2D eigenvalue weighted by atomic mass is 10.1. The van der Waals surface area contributed by atoms with E-state index in [9.17, 15) is 9.90 Å². The van der Waals surface area contributed by atoms with Crippen LogP contribution in [-0.2, 0) is 11.2 Å². The summed E-state index contributed by atoms with van der Waals surface area (Å²) in [4.78, 5) is 22.6. The Labute approximate surface area is 144 Å². The molecule has 24 heavy (non-hydrogen) atoms. The fourth-order valence-electron chi connectivity index (χ4n) is 2.52. The minimum absolute atomic E-state index is 0.600. The summed E-state index contributed by atoms with van der Waals surface area (Å²) in [6.45, 7) is 5.68. The maximum Gasteiger partial charge on any atom is 0.325 e. The molecule has 6 heteroatoms. The van der Waals surface area contributed by atoms with Crippen molar-refractivity contribution in [3.05, 3.63) is 52.2 Å². The molecule has 0 aliphatic rings. The highest BCUT2D eigenvalue weighted by Gasteiger charge is 2.18. The number of fused-ring (bicyclic) bond motifs is 1. The molecule has 3 aromatic rings. The molecule has 0 saturated carbocycles. The van der Waals surface area contributed by atoms with Gasteiger partial charge in [0.1, 0.15) is 22.5 Å². The van der Waals surface area contributed by atoms with Gasteiger partial charge in [0, 0.05) is 11.3 Å². The number of hydrogen-bond acceptors (Lipinski definition) is 5. The summed E-state index contributed by atoms with van der Waals surface area (Å²) in [6.07, 6.45) is 0.614. The molecule has 5 nitrogen and oxygen atoms in total. The fourth-order valence-corrected chi connectivity index (χ4v) is 3.57. The second-order valence-electron chi connectivity index (χ2n) is 5.82. The van der Waals surface area contributed by atoms with Gasteiger partial charge in [-0.25, -0.2) is 9.97 Å². The highest BCUT2D eigenvalue weighted by atomic mass is 32.1. The number of carboxylic acids is 1. The molecule has 1 aromatic carbocycles. The molecule has 0 amide bonds. The topological polar surface area (TPSA) is 75.1 Å². The molecule has 0 spiro atoms. The number of rotatable bonds is 5. The molecule has 2 aromatic heterocycles. The lowest BCUT2D eigenvalue weighted by molar-refractivity contribution is -0.137. The molecule has 0 bridgehead atoms. The van der Waals surface area contributed by atoms with Crippen molar-refractivity contribution in [2.75, 3.05) is 5.32 Å². The van der Waals surface area contributed by atoms with Crippen molar-refractivity contribution in [1.82, 2.24) is 9.97 Å². The highest BCUT2D eigenvalue weighted by molar-refractivity contribution is 7.18. The minimum atomic E-state index is -0.907. The first-order chi connectivity index (χ1) is 11.5. The van der Waals surface area contributed by atoms with Crippen LogP contribution in [0.15, 0.2) is 30.3 Å². The number of benzene rings is 1. The number of thiophene rings is 1. The van der Waals surface area contributed by atoms with Gasteiger partial charge >= 0.3 is 5.97 Å². The van der Waals surface area contributed by atoms with Gasteiger partial charge in [-0.2, -0.15) is 0 Å². The number of anilines is 1. The van der Waals surface area contributed by atoms with Crippen LogP contribution in [0.1, 0.15) is 28.8 Å². The van der Waals surface area contributed by atoms with Gasteiger partial charge in [-0.1, -0.05) is 30.3 Å². The number of carboxylic acid groups (broad SMARTS) is 1. The maximum absolute atomic E-state index is 11.2. The van der Waals surface area contributed by atoms with Crippen molar-refractivity contribution in [3.8, 4) is 0 Å². The summed E-state index contributed by atoms with van der Waals surface area (Å²) >= 11 is 1.61. The fraction of sp³-hybridized carbons (Fsp3) is 0.278. The van der Waals surface area contributed by atoms with Crippen LogP contribution in [-0.4, -0.2) is 27.1 Å². The summed E-state index contributed by atoms with van der Waals surface area (Å²) in [5.74, 6) is 0.383. The smallest absolute Gasteiger partial charge is 0.325 e. The lowest BCUT2D eigenvalue weighted by Gasteiger charge is -2.13. The first kappa shape index (κ1) is 16.4. The van der Waals surface area contributed by atoms with E-state index in [0.29, 0.717) is 18.1 Å². The molecule has 0 saturated heterocycles. The van der Waals surface area contributed by atoms with E-state index in [1.165, 1.54) is 4.88 Å². The van der Waals surface area contributed by atoms with Crippen LogP contribution >= 0.6 is 11.3 Å². The maximum atomic E-state index is 11.2. The number of aliphatic carboxylic acids is 1. The number of nitrogens with one attached hydrogen (secondary N) is 1. The standard InChI is InChI=1S/C18H19N3O2S/c1-10-12(3)24-17-15(10)16(19-11(2)18(22)23)20-14(21-17)9-13-7-5-4-6-8-13/h4-8,11H,9H2,1-3H3,(H,22,23)(H,19,20,21). The van der Waals surface area contributed by atoms with Gasteiger partial charge in [-0.3, -0.25) is 4.79 Å². The predicted octanol–water partition coefficient (Wildman–Crippen LogP) is 3.78. The Kier molecular flexibility index (Phi) is 4.49. The Morgan fingerprint density at radius 2 is 1.96 bits per heavy atom. The molecular weight excluding hydrogens is 322 g/mol. The summed E-state index contributed by atoms with van der Waals surface area (Å²) < 4.78 is 0. The molecule has 124 valence electrons. The van der Waals surface area contributed by atoms with Crippen molar-refractivity contribution in [2.24, 2.45) is 0 Å². The number of aryl methyl sites for hydroxylation is 2. The van der Waals surface area contributed by atoms with Gasteiger partial charge in [0.15, 0.2) is 0 Å². The Morgan fingerprint density at radius 3 is 2.62 bits per heavy atom. The lowest BCUT2D eigenvalue weighted by Crippen LogP contribution is -2.26. The third-order valence-corrected chi connectivity index (χ3v) is 5.10. The van der Waals surface area contributed by atoms with Crippen molar-refractivity contribution in [1.29, 1.82) is 0 Å². The third kappa shape index (κ3) is 3.23. The van der Waals surface area contributed by atoms with E-state index in [1.807, 2.05) is 44.2 Å². The molecule has 0 aliphatic heterocycles. The van der Waals surface area contributed by atoms with E-state index in [0.717, 1.165) is 21.3 Å². The summed E-state index contributed by atoms with van der Waals surface area (Å²) in [6, 6.07) is 9.29. The molecule has 3 rings (SSSR count). The molecule has 0 aliphatic carbocycles. The van der Waals surface area contributed by atoms with Crippen molar-refractivity contribution in [3.63, 3.8) is 0 Å². The Bertz CT molecular complexity index is 890. The zero-order valence-electron chi connectivity index (χ0n) is 13.8. The van der Waals surface area contributed by atoms with E-state index in [-0.39, 0.29) is 0 Å². The third-order valence-electron chi connectivity index (χ3n) is 4.00. The zero-order valence-corrected chi connectivity index (χ0v) is 14.6. The van der Waals surface area contributed by atoms with Crippen LogP contribution in [0.25, 0.3) is 10.2 Å². The summed E-state index contributed by atoms with van der Waals surface area (Å²) in [5.41, 5.74) is 2.22. The monoisotopic (exact) mass is 341 g/mol.